The van der Waals surface area contributed by atoms with Gasteiger partial charge in [0.25, 0.3) is 0 Å². The summed E-state index contributed by atoms with van der Waals surface area (Å²) in [7, 11) is 0. The van der Waals surface area contributed by atoms with E-state index in [0.29, 0.717) is 51.6 Å². The van der Waals surface area contributed by atoms with Crippen molar-refractivity contribution in [3.8, 4) is 0 Å². The third-order valence-electron chi connectivity index (χ3n) is 7.09. The number of hydrogen-bond acceptors (Lipinski definition) is 6. The maximum absolute atomic E-state index is 11.5. The number of ether oxygens (including phenoxy) is 4. The van der Waals surface area contributed by atoms with Crippen molar-refractivity contribution in [2.75, 3.05) is 52.8 Å². The Labute approximate surface area is 233 Å². The molecule has 0 amide bonds. The molecular weight excluding hydrogens is 492 g/mol. The van der Waals surface area contributed by atoms with Crippen LogP contribution in [0.3, 0.4) is 0 Å². The van der Waals surface area contributed by atoms with Crippen LogP contribution in [-0.2, 0) is 36.8 Å². The normalized spacial score (nSPS) is 16.2. The van der Waals surface area contributed by atoms with Gasteiger partial charge >= 0.3 is 5.97 Å². The fraction of sp³-hybridized carbons (Fsp3) is 0.531. The first-order chi connectivity index (χ1) is 19.1. The van der Waals surface area contributed by atoms with Crippen LogP contribution in [0.1, 0.15) is 50.3 Å². The van der Waals surface area contributed by atoms with Crippen molar-refractivity contribution in [3.63, 3.8) is 0 Å². The van der Waals surface area contributed by atoms with Crippen LogP contribution in [0.25, 0.3) is 10.9 Å². The van der Waals surface area contributed by atoms with Crippen molar-refractivity contribution in [1.82, 2.24) is 9.47 Å². The summed E-state index contributed by atoms with van der Waals surface area (Å²) < 4.78 is 24.0. The summed E-state index contributed by atoms with van der Waals surface area (Å²) in [5.41, 5.74) is 4.07. The molecule has 0 aliphatic carbocycles. The summed E-state index contributed by atoms with van der Waals surface area (Å²) in [6.45, 7) is 9.72. The molecule has 0 radical (unpaired) electrons. The topological polar surface area (TPSA) is 62.2 Å². The number of esters is 1. The maximum Gasteiger partial charge on any atom is 0.332 e. The van der Waals surface area contributed by atoms with E-state index in [1.807, 2.05) is 13.8 Å². The minimum Gasteiger partial charge on any atom is -0.464 e. The average molecular weight is 537 g/mol. The molecule has 3 aromatic rings. The highest BCUT2D eigenvalue weighted by Gasteiger charge is 2.24. The number of benzene rings is 2. The Morgan fingerprint density at radius 2 is 1.67 bits per heavy atom. The molecule has 4 rings (SSSR count). The van der Waals surface area contributed by atoms with Crippen LogP contribution in [0, 0.1) is 5.92 Å². The lowest BCUT2D eigenvalue weighted by Crippen LogP contribution is -2.32. The zero-order valence-corrected chi connectivity index (χ0v) is 23.6. The number of nitrogens with zero attached hydrogens (tertiary/aromatic N) is 2. The molecule has 2 heterocycles. The highest BCUT2D eigenvalue weighted by Crippen LogP contribution is 2.33. The van der Waals surface area contributed by atoms with E-state index in [-0.39, 0.29) is 12.6 Å². The van der Waals surface area contributed by atoms with Gasteiger partial charge in [0.15, 0.2) is 0 Å². The van der Waals surface area contributed by atoms with Gasteiger partial charge in [0.05, 0.1) is 39.6 Å². The summed E-state index contributed by atoms with van der Waals surface area (Å²) >= 11 is 0. The fourth-order valence-corrected chi connectivity index (χ4v) is 5.13. The number of rotatable bonds is 16. The molecule has 2 aromatic carbocycles. The molecule has 1 aliphatic rings. The van der Waals surface area contributed by atoms with Crippen molar-refractivity contribution in [2.24, 2.45) is 5.92 Å². The minimum absolute atomic E-state index is 0.0369. The monoisotopic (exact) mass is 536 g/mol. The number of piperidine rings is 1. The molecule has 0 saturated carbocycles. The van der Waals surface area contributed by atoms with Gasteiger partial charge in [-0.1, -0.05) is 62.7 Å². The smallest absolute Gasteiger partial charge is 0.332 e. The van der Waals surface area contributed by atoms with E-state index in [0.717, 1.165) is 19.6 Å². The summed E-state index contributed by atoms with van der Waals surface area (Å²) in [4.78, 5) is 14.1. The average Bonchev–Trinajstić information content (AvgIpc) is 3.37. The lowest BCUT2D eigenvalue weighted by molar-refractivity contribution is -0.150. The molecule has 1 fully saturated rings. The molecule has 0 N–H and O–H groups in total. The van der Waals surface area contributed by atoms with Crippen LogP contribution in [0.2, 0.25) is 0 Å². The quantitative estimate of drug-likeness (QED) is 0.175. The largest absolute Gasteiger partial charge is 0.464 e. The van der Waals surface area contributed by atoms with Crippen LogP contribution in [0.4, 0.5) is 0 Å². The first-order valence-electron chi connectivity index (χ1n) is 14.4. The Hall–Kier alpha value is -2.71. The molecule has 1 aromatic heterocycles. The molecule has 0 bridgehead atoms. The lowest BCUT2D eigenvalue weighted by atomic mass is 9.94. The fourth-order valence-electron chi connectivity index (χ4n) is 5.13. The second-order valence-corrected chi connectivity index (χ2v) is 10.6. The van der Waals surface area contributed by atoms with E-state index < -0.39 is 0 Å². The van der Waals surface area contributed by atoms with Gasteiger partial charge in [-0.05, 0) is 48.6 Å². The summed E-state index contributed by atoms with van der Waals surface area (Å²) in [6.07, 6.45) is 5.95. The van der Waals surface area contributed by atoms with Crippen molar-refractivity contribution in [1.29, 1.82) is 0 Å². The summed E-state index contributed by atoms with van der Waals surface area (Å²) in [5.74, 6) is -0.0108. The first kappa shape index (κ1) is 29.3. The lowest BCUT2D eigenvalue weighted by Gasteiger charge is -2.36. The third kappa shape index (κ3) is 9.17. The Morgan fingerprint density at radius 3 is 2.46 bits per heavy atom. The van der Waals surface area contributed by atoms with Crippen LogP contribution in [0.15, 0.2) is 60.8 Å². The third-order valence-corrected chi connectivity index (χ3v) is 7.09. The van der Waals surface area contributed by atoms with E-state index in [2.05, 4.69) is 70.3 Å². The summed E-state index contributed by atoms with van der Waals surface area (Å²) in [5, 5.41) is 1.33. The molecule has 1 saturated heterocycles. The van der Waals surface area contributed by atoms with Crippen molar-refractivity contribution >= 4 is 16.9 Å². The number of likely N-dealkylation sites (tertiary alicyclic amines) is 1. The first-order valence-corrected chi connectivity index (χ1v) is 14.4. The Kier molecular flexibility index (Phi) is 11.8. The zero-order chi connectivity index (χ0) is 27.3. The van der Waals surface area contributed by atoms with E-state index in [4.69, 9.17) is 18.9 Å². The SMILES string of the molecule is CC(C)COC(=O)COCCOCCOCCn1ccc2c(CN3CCCCC3c3ccccc3)cccc21. The van der Waals surface area contributed by atoms with Crippen molar-refractivity contribution in [3.05, 3.63) is 71.9 Å². The molecule has 7 heteroatoms. The Bertz CT molecular complexity index is 1130. The predicted molar refractivity (Wildman–Crippen MR) is 154 cm³/mol. The van der Waals surface area contributed by atoms with Gasteiger partial charge in [-0.3, -0.25) is 4.90 Å². The number of aromatic nitrogens is 1. The zero-order valence-electron chi connectivity index (χ0n) is 23.6. The van der Waals surface area contributed by atoms with E-state index in [9.17, 15) is 4.79 Å². The standard InChI is InChI=1S/C32H44N2O5/c1-26(2)24-39-32(35)25-38-22-21-37-20-19-36-18-17-33-16-14-29-28(11-8-13-31(29)33)23-34-15-7-6-12-30(34)27-9-4-3-5-10-27/h3-5,8-11,13-14,16,26,30H,6-7,12,15,17-25H2,1-2H3. The Morgan fingerprint density at radius 1 is 0.897 bits per heavy atom. The van der Waals surface area contributed by atoms with E-state index >= 15 is 0 Å². The van der Waals surface area contributed by atoms with Gasteiger partial charge in [0.2, 0.25) is 0 Å². The highest BCUT2D eigenvalue weighted by molar-refractivity contribution is 5.83. The molecule has 1 unspecified atom stereocenters. The molecular formula is C32H44N2O5. The van der Waals surface area contributed by atoms with Gasteiger partial charge < -0.3 is 23.5 Å². The number of carbonyl (C=O) groups excluding carboxylic acids is 1. The van der Waals surface area contributed by atoms with Gasteiger partial charge in [0.1, 0.15) is 6.61 Å². The second-order valence-electron chi connectivity index (χ2n) is 10.6. The number of carbonyl (C=O) groups is 1. The van der Waals surface area contributed by atoms with Gasteiger partial charge in [0, 0.05) is 36.2 Å². The molecule has 1 atom stereocenters. The van der Waals surface area contributed by atoms with E-state index in [1.165, 1.54) is 41.3 Å². The Balaban J connectivity index is 1.16. The van der Waals surface area contributed by atoms with Gasteiger partial charge in [-0.15, -0.1) is 0 Å². The maximum atomic E-state index is 11.5. The van der Waals surface area contributed by atoms with Gasteiger partial charge in [-0.2, -0.15) is 0 Å². The van der Waals surface area contributed by atoms with Gasteiger partial charge in [-0.25, -0.2) is 4.79 Å². The number of hydrogen-bond donors (Lipinski definition) is 0. The molecule has 7 nitrogen and oxygen atoms in total. The predicted octanol–water partition coefficient (Wildman–Crippen LogP) is 5.62. The van der Waals surface area contributed by atoms with Crippen LogP contribution >= 0.6 is 0 Å². The van der Waals surface area contributed by atoms with Crippen LogP contribution < -0.4 is 0 Å². The minimum atomic E-state index is -0.334. The van der Waals surface area contributed by atoms with E-state index in [1.54, 1.807) is 0 Å². The summed E-state index contributed by atoms with van der Waals surface area (Å²) in [6, 6.07) is 20.3. The second kappa shape index (κ2) is 15.8. The van der Waals surface area contributed by atoms with Crippen molar-refractivity contribution < 1.29 is 23.7 Å². The van der Waals surface area contributed by atoms with Crippen LogP contribution in [0.5, 0.6) is 0 Å². The molecule has 1 aliphatic heterocycles. The highest BCUT2D eigenvalue weighted by atomic mass is 16.6. The van der Waals surface area contributed by atoms with Crippen LogP contribution in [-0.4, -0.2) is 68.2 Å². The molecule has 212 valence electrons. The van der Waals surface area contributed by atoms with Crippen molar-refractivity contribution in [2.45, 2.75) is 52.2 Å². The molecule has 39 heavy (non-hydrogen) atoms. The number of fused-ring (bicyclic) bond motifs is 1. The molecule has 0 spiro atoms.